The molecule has 0 radical (unpaired) electrons. The normalized spacial score (nSPS) is 29.8. The van der Waals surface area contributed by atoms with Crippen LogP contribution in [-0.2, 0) is 4.74 Å². The Labute approximate surface area is 107 Å². The third kappa shape index (κ3) is 3.94. The van der Waals surface area contributed by atoms with Gasteiger partial charge in [-0.3, -0.25) is 4.90 Å². The summed E-state index contributed by atoms with van der Waals surface area (Å²) in [6, 6.07) is 0. The molecule has 1 saturated carbocycles. The Balaban J connectivity index is 2.53. The molecule has 0 spiro atoms. The maximum Gasteiger partial charge on any atom is 0.0589 e. The molecule has 0 saturated heterocycles. The summed E-state index contributed by atoms with van der Waals surface area (Å²) in [7, 11) is 4.06. The van der Waals surface area contributed by atoms with Crippen LogP contribution in [-0.4, -0.2) is 43.8 Å². The van der Waals surface area contributed by atoms with E-state index in [4.69, 9.17) is 10.5 Å². The number of hydrogen-bond donors (Lipinski definition) is 1. The van der Waals surface area contributed by atoms with Crippen LogP contribution in [0.25, 0.3) is 0 Å². The fourth-order valence-electron chi connectivity index (χ4n) is 3.01. The molecule has 3 nitrogen and oxygen atoms in total. The van der Waals surface area contributed by atoms with E-state index in [1.165, 1.54) is 45.1 Å². The minimum absolute atomic E-state index is 0.187. The third-order valence-corrected chi connectivity index (χ3v) is 4.40. The standard InChI is InChI=1S/C14H30N2O/c1-4-5-6-10-16(2)14(12-15)9-7-8-13(11-14)17-3/h13H,4-12,15H2,1-3H3. The molecule has 0 heterocycles. The molecule has 17 heavy (non-hydrogen) atoms. The van der Waals surface area contributed by atoms with Gasteiger partial charge in [0.05, 0.1) is 6.10 Å². The van der Waals surface area contributed by atoms with E-state index in [0.29, 0.717) is 6.10 Å². The Kier molecular flexibility index (Phi) is 6.45. The van der Waals surface area contributed by atoms with Gasteiger partial charge in [-0.25, -0.2) is 0 Å². The first kappa shape index (κ1) is 14.9. The Morgan fingerprint density at radius 1 is 1.41 bits per heavy atom. The van der Waals surface area contributed by atoms with E-state index in [2.05, 4.69) is 18.9 Å². The average molecular weight is 242 g/mol. The van der Waals surface area contributed by atoms with Gasteiger partial charge in [0.15, 0.2) is 0 Å². The van der Waals surface area contributed by atoms with Crippen LogP contribution in [0.2, 0.25) is 0 Å². The predicted octanol–water partition coefficient (Wildman–Crippen LogP) is 2.39. The molecule has 0 aromatic heterocycles. The van der Waals surface area contributed by atoms with Gasteiger partial charge in [-0.05, 0) is 45.7 Å². The molecule has 2 unspecified atom stereocenters. The lowest BCUT2D eigenvalue weighted by Gasteiger charge is -2.46. The maximum atomic E-state index is 6.06. The lowest BCUT2D eigenvalue weighted by molar-refractivity contribution is -0.0123. The number of rotatable bonds is 7. The van der Waals surface area contributed by atoms with Crippen LogP contribution in [0, 0.1) is 0 Å². The van der Waals surface area contributed by atoms with Crippen LogP contribution >= 0.6 is 0 Å². The van der Waals surface area contributed by atoms with Gasteiger partial charge in [-0.1, -0.05) is 19.8 Å². The Morgan fingerprint density at radius 2 is 2.18 bits per heavy atom. The van der Waals surface area contributed by atoms with Gasteiger partial charge >= 0.3 is 0 Å². The van der Waals surface area contributed by atoms with Crippen LogP contribution in [0.15, 0.2) is 0 Å². The van der Waals surface area contributed by atoms with E-state index < -0.39 is 0 Å². The fraction of sp³-hybridized carbons (Fsp3) is 1.00. The van der Waals surface area contributed by atoms with Crippen LogP contribution in [0.4, 0.5) is 0 Å². The van der Waals surface area contributed by atoms with Crippen LogP contribution in [0.1, 0.15) is 51.9 Å². The Bertz CT molecular complexity index is 210. The van der Waals surface area contributed by atoms with Crippen molar-refractivity contribution in [3.05, 3.63) is 0 Å². The predicted molar refractivity (Wildman–Crippen MR) is 73.2 cm³/mol. The van der Waals surface area contributed by atoms with Crippen molar-refractivity contribution < 1.29 is 4.74 Å². The largest absolute Gasteiger partial charge is 0.381 e. The van der Waals surface area contributed by atoms with Crippen molar-refractivity contribution in [3.63, 3.8) is 0 Å². The number of unbranched alkanes of at least 4 members (excludes halogenated alkanes) is 2. The van der Waals surface area contributed by atoms with Crippen LogP contribution < -0.4 is 5.73 Å². The number of methoxy groups -OCH3 is 1. The molecule has 1 rings (SSSR count). The summed E-state index contributed by atoms with van der Waals surface area (Å²) in [5.74, 6) is 0. The van der Waals surface area contributed by atoms with Crippen molar-refractivity contribution in [3.8, 4) is 0 Å². The van der Waals surface area contributed by atoms with E-state index in [0.717, 1.165) is 13.0 Å². The zero-order valence-corrected chi connectivity index (χ0v) is 11.9. The minimum atomic E-state index is 0.187. The maximum absolute atomic E-state index is 6.06. The van der Waals surface area contributed by atoms with Gasteiger partial charge in [0.1, 0.15) is 0 Å². The highest BCUT2D eigenvalue weighted by molar-refractivity contribution is 4.96. The molecular weight excluding hydrogens is 212 g/mol. The van der Waals surface area contributed by atoms with E-state index in [9.17, 15) is 0 Å². The molecule has 0 aromatic carbocycles. The molecule has 0 bridgehead atoms. The van der Waals surface area contributed by atoms with Crippen LogP contribution in [0.3, 0.4) is 0 Å². The molecule has 1 aliphatic rings. The number of nitrogens with zero attached hydrogens (tertiary/aromatic N) is 1. The van der Waals surface area contributed by atoms with Gasteiger partial charge in [0, 0.05) is 19.2 Å². The molecule has 0 amide bonds. The fourth-order valence-corrected chi connectivity index (χ4v) is 3.01. The lowest BCUT2D eigenvalue weighted by atomic mass is 9.78. The van der Waals surface area contributed by atoms with E-state index in [-0.39, 0.29) is 5.54 Å². The topological polar surface area (TPSA) is 38.5 Å². The molecule has 2 atom stereocenters. The van der Waals surface area contributed by atoms with Crippen LogP contribution in [0.5, 0.6) is 0 Å². The summed E-state index contributed by atoms with van der Waals surface area (Å²) >= 11 is 0. The zero-order valence-electron chi connectivity index (χ0n) is 11.9. The molecule has 1 fully saturated rings. The van der Waals surface area contributed by atoms with Crippen molar-refractivity contribution in [2.24, 2.45) is 5.73 Å². The van der Waals surface area contributed by atoms with E-state index in [1.807, 2.05) is 7.11 Å². The summed E-state index contributed by atoms with van der Waals surface area (Å²) in [5.41, 5.74) is 6.25. The van der Waals surface area contributed by atoms with Crippen molar-refractivity contribution in [1.82, 2.24) is 4.90 Å². The average Bonchev–Trinajstić information content (AvgIpc) is 2.38. The van der Waals surface area contributed by atoms with Gasteiger partial charge in [0.25, 0.3) is 0 Å². The van der Waals surface area contributed by atoms with E-state index >= 15 is 0 Å². The highest BCUT2D eigenvalue weighted by atomic mass is 16.5. The van der Waals surface area contributed by atoms with Crippen molar-refractivity contribution in [1.29, 1.82) is 0 Å². The van der Waals surface area contributed by atoms with Crippen molar-refractivity contribution in [2.45, 2.75) is 63.5 Å². The number of likely N-dealkylation sites (N-methyl/N-ethyl adjacent to an activating group) is 1. The van der Waals surface area contributed by atoms with Gasteiger partial charge in [-0.15, -0.1) is 0 Å². The summed E-state index contributed by atoms with van der Waals surface area (Å²) in [6.45, 7) is 4.18. The number of hydrogen-bond acceptors (Lipinski definition) is 3. The molecule has 2 N–H and O–H groups in total. The SMILES string of the molecule is CCCCCN(C)C1(CN)CCCC(OC)C1. The first-order valence-corrected chi connectivity index (χ1v) is 7.12. The summed E-state index contributed by atoms with van der Waals surface area (Å²) in [5, 5.41) is 0. The zero-order chi connectivity index (χ0) is 12.7. The van der Waals surface area contributed by atoms with Gasteiger partial charge in [0.2, 0.25) is 0 Å². The smallest absolute Gasteiger partial charge is 0.0589 e. The number of ether oxygens (including phenoxy) is 1. The minimum Gasteiger partial charge on any atom is -0.381 e. The first-order valence-electron chi connectivity index (χ1n) is 7.12. The first-order chi connectivity index (χ1) is 8.18. The second-order valence-corrected chi connectivity index (χ2v) is 5.51. The monoisotopic (exact) mass is 242 g/mol. The number of nitrogens with two attached hydrogens (primary N) is 1. The quantitative estimate of drug-likeness (QED) is 0.697. The third-order valence-electron chi connectivity index (χ3n) is 4.40. The van der Waals surface area contributed by atoms with Gasteiger partial charge in [-0.2, -0.15) is 0 Å². The molecule has 3 heteroatoms. The van der Waals surface area contributed by atoms with Crippen molar-refractivity contribution in [2.75, 3.05) is 27.2 Å². The lowest BCUT2D eigenvalue weighted by Crippen LogP contribution is -2.56. The molecule has 102 valence electrons. The second-order valence-electron chi connectivity index (χ2n) is 5.51. The molecular formula is C14H30N2O. The van der Waals surface area contributed by atoms with Gasteiger partial charge < -0.3 is 10.5 Å². The summed E-state index contributed by atoms with van der Waals surface area (Å²) in [4.78, 5) is 2.49. The van der Waals surface area contributed by atoms with E-state index in [1.54, 1.807) is 0 Å². The Morgan fingerprint density at radius 3 is 2.76 bits per heavy atom. The summed E-state index contributed by atoms with van der Waals surface area (Å²) in [6.07, 6.45) is 9.06. The summed E-state index contributed by atoms with van der Waals surface area (Å²) < 4.78 is 5.54. The molecule has 1 aliphatic carbocycles. The highest BCUT2D eigenvalue weighted by Crippen LogP contribution is 2.33. The molecule has 0 aliphatic heterocycles. The van der Waals surface area contributed by atoms with Crippen molar-refractivity contribution >= 4 is 0 Å². The second kappa shape index (κ2) is 7.34. The Hall–Kier alpha value is -0.120. The molecule has 0 aromatic rings. The highest BCUT2D eigenvalue weighted by Gasteiger charge is 2.38.